The first-order valence-corrected chi connectivity index (χ1v) is 8.09. The topological polar surface area (TPSA) is 73.1 Å². The molecule has 7 nitrogen and oxygen atoms in total. The Hall–Kier alpha value is -3.22. The Labute approximate surface area is 144 Å². The molecule has 0 spiro atoms. The van der Waals surface area contributed by atoms with Gasteiger partial charge >= 0.3 is 0 Å². The van der Waals surface area contributed by atoms with Crippen molar-refractivity contribution < 1.29 is 9.53 Å². The fourth-order valence-electron chi connectivity index (χ4n) is 2.94. The predicted octanol–water partition coefficient (Wildman–Crippen LogP) is 2.02. The van der Waals surface area contributed by atoms with Gasteiger partial charge in [-0.25, -0.2) is 4.68 Å². The quantitative estimate of drug-likeness (QED) is 0.732. The normalized spacial score (nSPS) is 16.2. The summed E-state index contributed by atoms with van der Waals surface area (Å²) in [5.74, 6) is 0.807. The van der Waals surface area contributed by atoms with Crippen LogP contribution in [0.1, 0.15) is 12.5 Å². The molecular weight excluding hydrogens is 318 g/mol. The summed E-state index contributed by atoms with van der Waals surface area (Å²) in [7, 11) is 0. The highest BCUT2D eigenvalue weighted by atomic mass is 16.5. The molecule has 2 heterocycles. The smallest absolute Gasteiger partial charge is 0.231 e. The third-order valence-corrected chi connectivity index (χ3v) is 4.13. The third-order valence-electron chi connectivity index (χ3n) is 4.13. The van der Waals surface area contributed by atoms with Crippen molar-refractivity contribution in [2.24, 2.45) is 0 Å². The first kappa shape index (κ1) is 15.3. The van der Waals surface area contributed by atoms with Gasteiger partial charge < -0.3 is 9.64 Å². The number of ether oxygens (including phenoxy) is 1. The van der Waals surface area contributed by atoms with Gasteiger partial charge in [-0.05, 0) is 47.2 Å². The van der Waals surface area contributed by atoms with Crippen LogP contribution < -0.4 is 9.64 Å². The molecule has 1 aliphatic rings. The largest absolute Gasteiger partial charge is 0.487 e. The van der Waals surface area contributed by atoms with E-state index >= 15 is 0 Å². The molecular formula is C18H17N5O2. The third kappa shape index (κ3) is 3.08. The Bertz CT molecular complexity index is 877. The van der Waals surface area contributed by atoms with Crippen molar-refractivity contribution in [3.63, 3.8) is 0 Å². The number of hydrogen-bond acceptors (Lipinski definition) is 5. The van der Waals surface area contributed by atoms with Crippen LogP contribution in [0.25, 0.3) is 5.69 Å². The lowest BCUT2D eigenvalue weighted by Gasteiger charge is -2.33. The second kappa shape index (κ2) is 6.35. The van der Waals surface area contributed by atoms with E-state index in [4.69, 9.17) is 4.74 Å². The lowest BCUT2D eigenvalue weighted by molar-refractivity contribution is -0.118. The Morgan fingerprint density at radius 2 is 2.00 bits per heavy atom. The van der Waals surface area contributed by atoms with E-state index in [9.17, 15) is 4.79 Å². The standard InChI is InChI=1S/C18H17N5O2/c1-13-11-22(16-4-2-3-5-17(16)25-13)18(24)10-14-6-8-15(9-7-14)23-12-19-20-21-23/h2-9,12-13H,10-11H2,1H3. The van der Waals surface area contributed by atoms with Gasteiger partial charge in [0.1, 0.15) is 18.2 Å². The number of tetrazole rings is 1. The van der Waals surface area contributed by atoms with Crippen molar-refractivity contribution in [2.75, 3.05) is 11.4 Å². The zero-order valence-corrected chi connectivity index (χ0v) is 13.7. The lowest BCUT2D eigenvalue weighted by Crippen LogP contribution is -2.43. The molecule has 1 amide bonds. The summed E-state index contributed by atoms with van der Waals surface area (Å²) < 4.78 is 7.38. The molecule has 126 valence electrons. The van der Waals surface area contributed by atoms with Crippen molar-refractivity contribution in [1.29, 1.82) is 0 Å². The molecule has 0 radical (unpaired) electrons. The summed E-state index contributed by atoms with van der Waals surface area (Å²) in [5.41, 5.74) is 2.63. The van der Waals surface area contributed by atoms with Gasteiger partial charge in [0.05, 0.1) is 24.3 Å². The van der Waals surface area contributed by atoms with E-state index in [-0.39, 0.29) is 12.0 Å². The minimum Gasteiger partial charge on any atom is -0.487 e. The first-order chi connectivity index (χ1) is 12.2. The van der Waals surface area contributed by atoms with Crippen LogP contribution in [0.3, 0.4) is 0 Å². The number of carbonyl (C=O) groups is 1. The summed E-state index contributed by atoms with van der Waals surface area (Å²) >= 11 is 0. The maximum atomic E-state index is 12.8. The SMILES string of the molecule is CC1CN(C(=O)Cc2ccc(-n3cnnn3)cc2)c2ccccc2O1. The molecule has 0 saturated carbocycles. The van der Waals surface area contributed by atoms with Crippen LogP contribution in [0.15, 0.2) is 54.9 Å². The zero-order chi connectivity index (χ0) is 17.2. The maximum absolute atomic E-state index is 12.8. The molecule has 2 aromatic carbocycles. The molecule has 3 aromatic rings. The number of aromatic nitrogens is 4. The lowest BCUT2D eigenvalue weighted by atomic mass is 10.1. The summed E-state index contributed by atoms with van der Waals surface area (Å²) in [6, 6.07) is 15.3. The van der Waals surface area contributed by atoms with E-state index in [1.165, 1.54) is 6.33 Å². The highest BCUT2D eigenvalue weighted by Gasteiger charge is 2.27. The molecule has 25 heavy (non-hydrogen) atoms. The van der Waals surface area contributed by atoms with Crippen LogP contribution in [0.4, 0.5) is 5.69 Å². The minimum atomic E-state index is -0.0268. The van der Waals surface area contributed by atoms with Gasteiger partial charge in [-0.15, -0.1) is 5.10 Å². The zero-order valence-electron chi connectivity index (χ0n) is 13.7. The van der Waals surface area contributed by atoms with E-state index in [1.54, 1.807) is 9.58 Å². The van der Waals surface area contributed by atoms with Crippen molar-refractivity contribution in [3.05, 3.63) is 60.4 Å². The van der Waals surface area contributed by atoms with Crippen LogP contribution in [0.5, 0.6) is 5.75 Å². The van der Waals surface area contributed by atoms with Gasteiger partial charge in [0.2, 0.25) is 5.91 Å². The van der Waals surface area contributed by atoms with Gasteiger partial charge in [0.15, 0.2) is 0 Å². The summed E-state index contributed by atoms with van der Waals surface area (Å²) in [6.45, 7) is 2.52. The number of amides is 1. The fraction of sp³-hybridized carbons (Fsp3) is 0.222. The number of fused-ring (bicyclic) bond motifs is 1. The second-order valence-corrected chi connectivity index (χ2v) is 6.00. The molecule has 0 N–H and O–H groups in total. The van der Waals surface area contributed by atoms with Gasteiger partial charge in [0.25, 0.3) is 0 Å². The van der Waals surface area contributed by atoms with Gasteiger partial charge in [-0.3, -0.25) is 4.79 Å². The Morgan fingerprint density at radius 1 is 1.20 bits per heavy atom. The van der Waals surface area contributed by atoms with Crippen molar-refractivity contribution in [2.45, 2.75) is 19.4 Å². The van der Waals surface area contributed by atoms with Crippen LogP contribution in [-0.4, -0.2) is 38.8 Å². The number of rotatable bonds is 3. The van der Waals surface area contributed by atoms with Gasteiger partial charge in [-0.2, -0.15) is 0 Å². The summed E-state index contributed by atoms with van der Waals surface area (Å²) in [6.07, 6.45) is 1.84. The number of para-hydroxylation sites is 2. The fourth-order valence-corrected chi connectivity index (χ4v) is 2.94. The highest BCUT2D eigenvalue weighted by Crippen LogP contribution is 2.33. The molecule has 0 saturated heterocycles. The van der Waals surface area contributed by atoms with Crippen LogP contribution in [0, 0.1) is 0 Å². The molecule has 1 aliphatic heterocycles. The monoisotopic (exact) mass is 335 g/mol. The second-order valence-electron chi connectivity index (χ2n) is 6.00. The van der Waals surface area contributed by atoms with Crippen LogP contribution >= 0.6 is 0 Å². The van der Waals surface area contributed by atoms with E-state index in [2.05, 4.69) is 15.5 Å². The number of benzene rings is 2. The van der Waals surface area contributed by atoms with E-state index in [1.807, 2.05) is 55.5 Å². The number of anilines is 1. The maximum Gasteiger partial charge on any atom is 0.231 e. The number of carbonyl (C=O) groups excluding carboxylic acids is 1. The van der Waals surface area contributed by atoms with E-state index in [0.717, 1.165) is 22.7 Å². The predicted molar refractivity (Wildman–Crippen MR) is 91.7 cm³/mol. The molecule has 0 fully saturated rings. The van der Waals surface area contributed by atoms with Crippen LogP contribution in [0.2, 0.25) is 0 Å². The van der Waals surface area contributed by atoms with Gasteiger partial charge in [0, 0.05) is 0 Å². The molecule has 1 atom stereocenters. The van der Waals surface area contributed by atoms with Crippen molar-refractivity contribution >= 4 is 11.6 Å². The summed E-state index contributed by atoms with van der Waals surface area (Å²) in [5, 5.41) is 11.1. The van der Waals surface area contributed by atoms with Gasteiger partial charge in [-0.1, -0.05) is 24.3 Å². The number of nitrogens with zero attached hydrogens (tertiary/aromatic N) is 5. The molecule has 0 aliphatic carbocycles. The minimum absolute atomic E-state index is 0.0268. The molecule has 0 bridgehead atoms. The summed E-state index contributed by atoms with van der Waals surface area (Å²) in [4.78, 5) is 14.6. The first-order valence-electron chi connectivity index (χ1n) is 8.09. The Balaban J connectivity index is 1.52. The van der Waals surface area contributed by atoms with Crippen molar-refractivity contribution in [1.82, 2.24) is 20.2 Å². The number of hydrogen-bond donors (Lipinski definition) is 0. The van der Waals surface area contributed by atoms with Crippen LogP contribution in [-0.2, 0) is 11.2 Å². The molecule has 1 unspecified atom stereocenters. The van der Waals surface area contributed by atoms with E-state index in [0.29, 0.717) is 13.0 Å². The van der Waals surface area contributed by atoms with Crippen molar-refractivity contribution in [3.8, 4) is 11.4 Å². The molecule has 1 aromatic heterocycles. The van der Waals surface area contributed by atoms with E-state index < -0.39 is 0 Å². The highest BCUT2D eigenvalue weighted by molar-refractivity contribution is 5.96. The Morgan fingerprint density at radius 3 is 2.76 bits per heavy atom. The average molecular weight is 335 g/mol. The average Bonchev–Trinajstić information content (AvgIpc) is 3.16. The molecule has 4 rings (SSSR count). The Kier molecular flexibility index (Phi) is 3.89. The molecule has 7 heteroatoms.